The van der Waals surface area contributed by atoms with Crippen molar-refractivity contribution in [2.24, 2.45) is 0 Å². The van der Waals surface area contributed by atoms with E-state index in [1.165, 1.54) is 0 Å². The quantitative estimate of drug-likeness (QED) is 0.398. The third kappa shape index (κ3) is 4.47. The molecule has 1 heterocycles. The molecule has 1 aliphatic rings. The van der Waals surface area contributed by atoms with Gasteiger partial charge in [0.15, 0.2) is 11.4 Å². The highest BCUT2D eigenvalue weighted by molar-refractivity contribution is 9.10. The molecule has 1 atom stereocenters. The second kappa shape index (κ2) is 8.79. The van der Waals surface area contributed by atoms with Gasteiger partial charge in [-0.25, -0.2) is 0 Å². The predicted molar refractivity (Wildman–Crippen MR) is 139 cm³/mol. The van der Waals surface area contributed by atoms with Gasteiger partial charge in [-0.15, -0.1) is 0 Å². The van der Waals surface area contributed by atoms with Crippen molar-refractivity contribution in [2.45, 2.75) is 58.6 Å². The zero-order chi connectivity index (χ0) is 24.8. The largest absolute Gasteiger partial charge is 0.375 e. The first kappa shape index (κ1) is 24.4. The third-order valence-electron chi connectivity index (χ3n) is 6.61. The average molecular weight is 520 g/mol. The average Bonchev–Trinajstić information content (AvgIpc) is 2.96. The molecule has 1 N–H and O–H groups in total. The van der Waals surface area contributed by atoms with E-state index in [1.807, 2.05) is 50.2 Å². The Morgan fingerprint density at radius 2 is 1.68 bits per heavy atom. The van der Waals surface area contributed by atoms with Crippen LogP contribution in [0.25, 0.3) is 0 Å². The molecule has 0 radical (unpaired) electrons. The number of rotatable bonds is 5. The van der Waals surface area contributed by atoms with Gasteiger partial charge >= 0.3 is 0 Å². The number of anilines is 1. The number of carbonyl (C=O) groups excluding carboxylic acids is 2. The Kier molecular flexibility index (Phi) is 6.30. The maximum Gasteiger partial charge on any atom is 0.264 e. The summed E-state index contributed by atoms with van der Waals surface area (Å²) in [5.74, 6) is -0.740. The molecule has 4 rings (SSSR count). The fourth-order valence-electron chi connectivity index (χ4n) is 4.53. The molecular weight excluding hydrogens is 490 g/mol. The molecule has 0 aromatic heterocycles. The number of ketones is 1. The van der Waals surface area contributed by atoms with Crippen molar-refractivity contribution in [3.05, 3.63) is 98.5 Å². The van der Waals surface area contributed by atoms with Gasteiger partial charge in [0.2, 0.25) is 0 Å². The topological polar surface area (TPSA) is 57.6 Å². The molecule has 34 heavy (non-hydrogen) atoms. The van der Waals surface area contributed by atoms with Crippen molar-refractivity contribution in [1.82, 2.24) is 0 Å². The maximum atomic E-state index is 13.6. The van der Waals surface area contributed by atoms with Gasteiger partial charge in [-0.2, -0.15) is 0 Å². The Morgan fingerprint density at radius 1 is 1.00 bits per heavy atom. The molecule has 0 saturated carbocycles. The lowest BCUT2D eigenvalue weighted by molar-refractivity contribution is -0.136. The normalized spacial score (nSPS) is 17.7. The Bertz CT molecular complexity index is 1270. The Labute approximate surface area is 209 Å². The second-order valence-electron chi connectivity index (χ2n) is 10.3. The number of hydrogen-bond donors (Lipinski definition) is 1. The van der Waals surface area contributed by atoms with Crippen molar-refractivity contribution in [3.8, 4) is 0 Å². The third-order valence-corrected chi connectivity index (χ3v) is 7.10. The number of benzene rings is 3. The summed E-state index contributed by atoms with van der Waals surface area (Å²) in [6.45, 7) is 10.7. The predicted octanol–water partition coefficient (Wildman–Crippen LogP) is 6.37. The molecule has 3 aromatic rings. The van der Waals surface area contributed by atoms with Crippen molar-refractivity contribution >= 4 is 33.3 Å². The Hall–Kier alpha value is -2.76. The molecule has 4 nitrogen and oxygen atoms in total. The lowest BCUT2D eigenvalue weighted by atomic mass is 9.85. The van der Waals surface area contributed by atoms with E-state index in [0.29, 0.717) is 23.4 Å². The standard InChI is InChI=1S/C29H30BrNO3/c1-18-6-7-21(19(2)14-18)17-31-25-13-12-23(30)15-24(25)29(34,27(31)33)16-26(32)20-8-10-22(11-9-20)28(3,4)5/h6-15,34H,16-17H2,1-5H3. The zero-order valence-corrected chi connectivity index (χ0v) is 21.9. The number of aliphatic hydroxyl groups is 1. The van der Waals surface area contributed by atoms with Crippen molar-refractivity contribution in [3.63, 3.8) is 0 Å². The minimum absolute atomic E-state index is 0.0268. The fourth-order valence-corrected chi connectivity index (χ4v) is 4.90. The molecule has 0 aliphatic carbocycles. The molecule has 0 bridgehead atoms. The first-order chi connectivity index (χ1) is 15.9. The summed E-state index contributed by atoms with van der Waals surface area (Å²) in [7, 11) is 0. The lowest BCUT2D eigenvalue weighted by Gasteiger charge is -2.24. The van der Waals surface area contributed by atoms with Crippen LogP contribution in [-0.4, -0.2) is 16.8 Å². The number of hydrogen-bond acceptors (Lipinski definition) is 3. The van der Waals surface area contributed by atoms with E-state index in [0.717, 1.165) is 26.7 Å². The van der Waals surface area contributed by atoms with Crippen LogP contribution in [-0.2, 0) is 22.4 Å². The van der Waals surface area contributed by atoms with E-state index in [1.54, 1.807) is 23.1 Å². The van der Waals surface area contributed by atoms with Crippen LogP contribution in [0, 0.1) is 13.8 Å². The molecule has 1 aliphatic heterocycles. The number of Topliss-reactive ketones (excluding diaryl/α,β-unsaturated/α-hetero) is 1. The summed E-state index contributed by atoms with van der Waals surface area (Å²) in [5.41, 5.74) is 3.98. The summed E-state index contributed by atoms with van der Waals surface area (Å²) in [6, 6.07) is 18.9. The number of halogens is 1. The van der Waals surface area contributed by atoms with Crippen LogP contribution in [0.5, 0.6) is 0 Å². The van der Waals surface area contributed by atoms with Gasteiger partial charge in [0.05, 0.1) is 18.7 Å². The smallest absolute Gasteiger partial charge is 0.264 e. The van der Waals surface area contributed by atoms with Crippen LogP contribution < -0.4 is 4.90 Å². The molecule has 0 fully saturated rings. The molecule has 3 aromatic carbocycles. The fraction of sp³-hybridized carbons (Fsp3) is 0.310. The monoisotopic (exact) mass is 519 g/mol. The van der Waals surface area contributed by atoms with E-state index in [2.05, 4.69) is 42.8 Å². The van der Waals surface area contributed by atoms with Gasteiger partial charge in [-0.05, 0) is 54.2 Å². The SMILES string of the molecule is Cc1ccc(CN2C(=O)C(O)(CC(=O)c3ccc(C(C)(C)C)cc3)c3cc(Br)ccc32)c(C)c1. The van der Waals surface area contributed by atoms with Crippen LogP contribution in [0.15, 0.2) is 65.1 Å². The minimum atomic E-state index is -1.92. The van der Waals surface area contributed by atoms with Gasteiger partial charge in [0.1, 0.15) is 0 Å². The van der Waals surface area contributed by atoms with Crippen LogP contribution in [0.2, 0.25) is 0 Å². The highest BCUT2D eigenvalue weighted by Gasteiger charge is 2.51. The van der Waals surface area contributed by atoms with Gasteiger partial charge in [-0.1, -0.05) is 84.7 Å². The highest BCUT2D eigenvalue weighted by atomic mass is 79.9. The summed E-state index contributed by atoms with van der Waals surface area (Å²) < 4.78 is 0.743. The van der Waals surface area contributed by atoms with E-state index >= 15 is 0 Å². The number of aryl methyl sites for hydroxylation is 2. The van der Waals surface area contributed by atoms with Crippen LogP contribution in [0.4, 0.5) is 5.69 Å². The second-order valence-corrected chi connectivity index (χ2v) is 11.2. The zero-order valence-electron chi connectivity index (χ0n) is 20.3. The van der Waals surface area contributed by atoms with Gasteiger partial charge in [0, 0.05) is 15.6 Å². The van der Waals surface area contributed by atoms with Crippen LogP contribution in [0.1, 0.15) is 65.4 Å². The summed E-state index contributed by atoms with van der Waals surface area (Å²) in [5, 5.41) is 11.7. The summed E-state index contributed by atoms with van der Waals surface area (Å²) in [6.07, 6.45) is -0.312. The van der Waals surface area contributed by atoms with Crippen LogP contribution in [0.3, 0.4) is 0 Å². The highest BCUT2D eigenvalue weighted by Crippen LogP contribution is 2.45. The molecule has 0 saturated heterocycles. The molecule has 176 valence electrons. The number of amides is 1. The van der Waals surface area contributed by atoms with Crippen LogP contribution >= 0.6 is 15.9 Å². The van der Waals surface area contributed by atoms with E-state index in [4.69, 9.17) is 0 Å². The molecule has 0 spiro atoms. The Morgan fingerprint density at radius 3 is 2.29 bits per heavy atom. The lowest BCUT2D eigenvalue weighted by Crippen LogP contribution is -2.41. The Balaban J connectivity index is 1.67. The minimum Gasteiger partial charge on any atom is -0.375 e. The van der Waals surface area contributed by atoms with Gasteiger partial charge in [-0.3, -0.25) is 9.59 Å². The van der Waals surface area contributed by atoms with E-state index < -0.39 is 11.5 Å². The molecule has 5 heteroatoms. The summed E-state index contributed by atoms with van der Waals surface area (Å²) >= 11 is 3.45. The summed E-state index contributed by atoms with van der Waals surface area (Å²) in [4.78, 5) is 28.5. The molecular formula is C29H30BrNO3. The maximum absolute atomic E-state index is 13.6. The number of fused-ring (bicyclic) bond motifs is 1. The van der Waals surface area contributed by atoms with E-state index in [-0.39, 0.29) is 17.6 Å². The van der Waals surface area contributed by atoms with Crippen molar-refractivity contribution in [2.75, 3.05) is 4.90 Å². The molecule has 1 amide bonds. The number of nitrogens with zero attached hydrogens (tertiary/aromatic N) is 1. The van der Waals surface area contributed by atoms with Crippen molar-refractivity contribution < 1.29 is 14.7 Å². The number of carbonyl (C=O) groups is 2. The molecule has 1 unspecified atom stereocenters. The van der Waals surface area contributed by atoms with Gasteiger partial charge in [0.25, 0.3) is 5.91 Å². The first-order valence-corrected chi connectivity index (χ1v) is 12.2. The van der Waals surface area contributed by atoms with Crippen molar-refractivity contribution in [1.29, 1.82) is 0 Å². The first-order valence-electron chi connectivity index (χ1n) is 11.4. The van der Waals surface area contributed by atoms with E-state index in [9.17, 15) is 14.7 Å². The van der Waals surface area contributed by atoms with Gasteiger partial charge < -0.3 is 10.0 Å².